The maximum Gasteiger partial charge on any atom is 0.0482 e. The van der Waals surface area contributed by atoms with Gasteiger partial charge < -0.3 is 4.57 Å². The smallest absolute Gasteiger partial charge is 0.0482 e. The second kappa shape index (κ2) is 6.12. The zero-order chi connectivity index (χ0) is 17.1. The lowest BCUT2D eigenvalue weighted by Crippen LogP contribution is -2.52. The quantitative estimate of drug-likeness (QED) is 0.668. The molecule has 138 valence electrons. The maximum atomic E-state index is 3.05. The highest BCUT2D eigenvalue weighted by molar-refractivity contribution is 5.80. The maximum absolute atomic E-state index is 3.05. The fourth-order valence-electron chi connectivity index (χ4n) is 7.37. The predicted molar refractivity (Wildman–Crippen MR) is 107 cm³/mol. The van der Waals surface area contributed by atoms with Crippen molar-refractivity contribution in [3.8, 4) is 0 Å². The molecule has 0 N–H and O–H groups in total. The van der Waals surface area contributed by atoms with Crippen molar-refractivity contribution in [2.75, 3.05) is 0 Å². The Morgan fingerprint density at radius 3 is 2.15 bits per heavy atom. The summed E-state index contributed by atoms with van der Waals surface area (Å²) >= 11 is 0. The monoisotopic (exact) mass is 348 g/mol. The van der Waals surface area contributed by atoms with Crippen LogP contribution >= 0.6 is 0 Å². The summed E-state index contributed by atoms with van der Waals surface area (Å²) in [6, 6.07) is 14.6. The highest BCUT2D eigenvalue weighted by Gasteiger charge is 2.46. The van der Waals surface area contributed by atoms with Gasteiger partial charge in [-0.25, -0.2) is 0 Å². The molecule has 0 amide bonds. The summed E-state index contributed by atoms with van der Waals surface area (Å²) in [5.74, 6) is 2.11. The number of hydrogen-bond acceptors (Lipinski definition) is 1. The lowest BCUT2D eigenvalue weighted by atomic mass is 9.69. The molecule has 1 aromatic carbocycles. The average Bonchev–Trinajstić information content (AvgIpc) is 3.20. The van der Waals surface area contributed by atoms with E-state index in [9.17, 15) is 0 Å². The van der Waals surface area contributed by atoms with E-state index in [1.165, 1.54) is 68.7 Å². The zero-order valence-electron chi connectivity index (χ0n) is 15.9. The van der Waals surface area contributed by atoms with Crippen LogP contribution in [0.5, 0.6) is 0 Å². The van der Waals surface area contributed by atoms with Crippen LogP contribution in [0.25, 0.3) is 10.9 Å². The van der Waals surface area contributed by atoms with Crippen LogP contribution in [0.1, 0.15) is 70.3 Å². The molecule has 1 aromatic heterocycles. The van der Waals surface area contributed by atoms with Gasteiger partial charge in [-0.1, -0.05) is 37.5 Å². The lowest BCUT2D eigenvalue weighted by Gasteiger charge is -2.49. The molecule has 4 bridgehead atoms. The number of hydrogen-bond donors (Lipinski definition) is 0. The summed E-state index contributed by atoms with van der Waals surface area (Å²) in [5, 5.41) is 1.40. The van der Waals surface area contributed by atoms with Crippen LogP contribution in [0.15, 0.2) is 36.5 Å². The predicted octanol–water partition coefficient (Wildman–Crippen LogP) is 5.78. The molecule has 2 aliphatic carbocycles. The van der Waals surface area contributed by atoms with Crippen LogP contribution in [0.3, 0.4) is 0 Å². The zero-order valence-corrected chi connectivity index (χ0v) is 15.9. The van der Waals surface area contributed by atoms with Gasteiger partial charge >= 0.3 is 0 Å². The summed E-state index contributed by atoms with van der Waals surface area (Å²) in [6.07, 6.45) is 17.1. The summed E-state index contributed by atoms with van der Waals surface area (Å²) in [4.78, 5) is 3.05. The molecule has 2 saturated carbocycles. The van der Waals surface area contributed by atoms with Crippen LogP contribution in [0, 0.1) is 11.8 Å². The second-order valence-corrected chi connectivity index (χ2v) is 9.76. The van der Waals surface area contributed by atoms with Gasteiger partial charge in [0.25, 0.3) is 0 Å². The van der Waals surface area contributed by atoms with E-state index in [1.807, 2.05) is 0 Å². The third kappa shape index (κ3) is 2.48. The number of aromatic nitrogens is 1. The second-order valence-electron chi connectivity index (χ2n) is 9.76. The number of nitrogens with zero attached hydrogens (tertiary/aromatic N) is 2. The topological polar surface area (TPSA) is 8.17 Å². The first-order valence-corrected chi connectivity index (χ1v) is 11.2. The summed E-state index contributed by atoms with van der Waals surface area (Å²) in [7, 11) is 0. The van der Waals surface area contributed by atoms with E-state index in [0.717, 1.165) is 30.0 Å². The first-order chi connectivity index (χ1) is 12.8. The summed E-state index contributed by atoms with van der Waals surface area (Å²) in [6.45, 7) is 0. The number of para-hydroxylation sites is 1. The lowest BCUT2D eigenvalue weighted by molar-refractivity contribution is 0.00830. The highest BCUT2D eigenvalue weighted by Crippen LogP contribution is 2.48. The van der Waals surface area contributed by atoms with Gasteiger partial charge in [0.05, 0.1) is 0 Å². The number of benzene rings is 1. The Hall–Kier alpha value is -1.28. The van der Waals surface area contributed by atoms with E-state index < -0.39 is 0 Å². The minimum absolute atomic E-state index is 0.715. The molecule has 26 heavy (non-hydrogen) atoms. The van der Waals surface area contributed by atoms with Crippen LogP contribution in [-0.2, 0) is 0 Å². The molecule has 2 aliphatic heterocycles. The Morgan fingerprint density at radius 1 is 0.654 bits per heavy atom. The van der Waals surface area contributed by atoms with Crippen molar-refractivity contribution in [2.45, 2.75) is 88.4 Å². The van der Waals surface area contributed by atoms with Crippen molar-refractivity contribution in [1.82, 2.24) is 9.47 Å². The summed E-state index contributed by atoms with van der Waals surface area (Å²) in [5.41, 5.74) is 1.44. The van der Waals surface area contributed by atoms with Gasteiger partial charge in [-0.15, -0.1) is 0 Å². The Labute approximate surface area is 157 Å². The average molecular weight is 349 g/mol. The molecule has 4 fully saturated rings. The molecule has 2 saturated heterocycles. The van der Waals surface area contributed by atoms with Gasteiger partial charge in [0, 0.05) is 35.9 Å². The van der Waals surface area contributed by atoms with Crippen LogP contribution in [0.2, 0.25) is 0 Å². The van der Waals surface area contributed by atoms with E-state index in [1.54, 1.807) is 6.42 Å². The minimum Gasteiger partial charge on any atom is -0.344 e. The Bertz CT molecular complexity index is 766. The number of rotatable bonds is 2. The molecule has 0 spiro atoms. The van der Waals surface area contributed by atoms with E-state index in [0.29, 0.717) is 6.04 Å². The molecular formula is C24H32N2. The molecule has 2 aromatic rings. The molecule has 2 heteroatoms. The van der Waals surface area contributed by atoms with Crippen LogP contribution < -0.4 is 0 Å². The van der Waals surface area contributed by atoms with Crippen LogP contribution in [0.4, 0.5) is 0 Å². The normalized spacial score (nSPS) is 40.2. The first-order valence-electron chi connectivity index (χ1n) is 11.2. The largest absolute Gasteiger partial charge is 0.344 e. The third-order valence-electron chi connectivity index (χ3n) is 8.31. The molecule has 0 radical (unpaired) electrons. The van der Waals surface area contributed by atoms with Crippen molar-refractivity contribution in [3.05, 3.63) is 36.5 Å². The van der Waals surface area contributed by atoms with E-state index >= 15 is 0 Å². The molecule has 2 nitrogen and oxygen atoms in total. The van der Waals surface area contributed by atoms with Gasteiger partial charge in [0.15, 0.2) is 0 Å². The minimum atomic E-state index is 0.715. The Morgan fingerprint density at radius 2 is 1.38 bits per heavy atom. The van der Waals surface area contributed by atoms with Crippen molar-refractivity contribution in [1.29, 1.82) is 0 Å². The standard InChI is InChI=1S/C24H32N2/c1-2-7-24-19(6-1)10-11-25(24)22-15-20-8-9-21(16-22)26(20)23-13-17-4-3-5-18(12-17)14-23/h1-2,6-7,10-11,17-18,20-23H,3-5,8-9,12-16H2. The molecule has 3 heterocycles. The van der Waals surface area contributed by atoms with Crippen LogP contribution in [-0.4, -0.2) is 27.6 Å². The molecule has 4 atom stereocenters. The van der Waals surface area contributed by atoms with Gasteiger partial charge in [-0.05, 0) is 74.3 Å². The van der Waals surface area contributed by atoms with Gasteiger partial charge in [-0.2, -0.15) is 0 Å². The first kappa shape index (κ1) is 15.7. The van der Waals surface area contributed by atoms with Gasteiger partial charge in [-0.3, -0.25) is 4.90 Å². The Balaban J connectivity index is 1.24. The molecule has 4 unspecified atom stereocenters. The van der Waals surface area contributed by atoms with E-state index in [-0.39, 0.29) is 0 Å². The van der Waals surface area contributed by atoms with Gasteiger partial charge in [0.1, 0.15) is 0 Å². The van der Waals surface area contributed by atoms with Crippen molar-refractivity contribution >= 4 is 10.9 Å². The summed E-state index contributed by atoms with van der Waals surface area (Å²) < 4.78 is 2.60. The number of piperidine rings is 1. The fourth-order valence-corrected chi connectivity index (χ4v) is 7.37. The molecule has 4 aliphatic rings. The van der Waals surface area contributed by atoms with E-state index in [4.69, 9.17) is 0 Å². The third-order valence-corrected chi connectivity index (χ3v) is 8.31. The van der Waals surface area contributed by atoms with E-state index in [2.05, 4.69) is 46.0 Å². The SMILES string of the molecule is c1ccc2c(c1)ccn2C1CC2CCC(C1)N2C1CC2CCCC(C2)C1. The van der Waals surface area contributed by atoms with Crippen molar-refractivity contribution in [2.24, 2.45) is 11.8 Å². The molecule has 6 rings (SSSR count). The Kier molecular flexibility index (Phi) is 3.71. The molecular weight excluding hydrogens is 316 g/mol. The fraction of sp³-hybridized carbons (Fsp3) is 0.667. The van der Waals surface area contributed by atoms with Crippen molar-refractivity contribution < 1.29 is 0 Å². The van der Waals surface area contributed by atoms with Gasteiger partial charge in [0.2, 0.25) is 0 Å². The highest BCUT2D eigenvalue weighted by atomic mass is 15.3. The number of fused-ring (bicyclic) bond motifs is 5. The van der Waals surface area contributed by atoms with Crippen molar-refractivity contribution in [3.63, 3.8) is 0 Å².